The number of hydrogen-bond donors (Lipinski definition) is 1. The Balaban J connectivity index is 3.09. The molecular formula is C21H44O4S2. The molecule has 0 saturated heterocycles. The normalized spacial score (nSPS) is 12.6. The molecule has 0 aromatic heterocycles. The second-order valence-corrected chi connectivity index (χ2v) is 9.14. The van der Waals surface area contributed by atoms with E-state index in [1.807, 2.05) is 23.5 Å². The number of ether oxygens (including phenoxy) is 3. The van der Waals surface area contributed by atoms with Crippen molar-refractivity contribution in [1.29, 1.82) is 0 Å². The fourth-order valence-corrected chi connectivity index (χ4v) is 4.20. The molecule has 0 radical (unpaired) electrons. The van der Waals surface area contributed by atoms with Crippen molar-refractivity contribution in [3.05, 3.63) is 0 Å². The topological polar surface area (TPSA) is 47.9 Å². The van der Waals surface area contributed by atoms with E-state index < -0.39 is 0 Å². The second kappa shape index (κ2) is 24.6. The molecule has 27 heavy (non-hydrogen) atoms. The highest BCUT2D eigenvalue weighted by Gasteiger charge is 2.04. The molecule has 0 aromatic rings. The first kappa shape index (κ1) is 27.5. The predicted molar refractivity (Wildman–Crippen MR) is 121 cm³/mol. The van der Waals surface area contributed by atoms with E-state index in [0.29, 0.717) is 33.0 Å². The van der Waals surface area contributed by atoms with E-state index in [1.165, 1.54) is 57.1 Å². The Morgan fingerprint density at radius 3 is 1.81 bits per heavy atom. The smallest absolute Gasteiger partial charge is 0.0863 e. The van der Waals surface area contributed by atoms with Gasteiger partial charge in [-0.25, -0.2) is 0 Å². The molecule has 0 fully saturated rings. The van der Waals surface area contributed by atoms with Crippen molar-refractivity contribution in [1.82, 2.24) is 0 Å². The predicted octanol–water partition coefficient (Wildman–Crippen LogP) is 5.02. The minimum Gasteiger partial charge on any atom is -0.390 e. The van der Waals surface area contributed by atoms with Gasteiger partial charge in [-0.3, -0.25) is 0 Å². The van der Waals surface area contributed by atoms with Crippen LogP contribution in [0.15, 0.2) is 0 Å². The van der Waals surface area contributed by atoms with Crippen LogP contribution in [0.5, 0.6) is 0 Å². The number of unbranched alkanes of at least 4 members (excludes halogenated alkanes) is 6. The summed E-state index contributed by atoms with van der Waals surface area (Å²) in [7, 11) is 0. The zero-order valence-corrected chi connectivity index (χ0v) is 19.4. The lowest BCUT2D eigenvalue weighted by Crippen LogP contribution is -2.20. The van der Waals surface area contributed by atoms with Gasteiger partial charge < -0.3 is 19.3 Å². The average Bonchev–Trinajstić information content (AvgIpc) is 2.67. The number of aliphatic hydroxyl groups excluding tert-OH is 1. The zero-order chi connectivity index (χ0) is 19.8. The van der Waals surface area contributed by atoms with Crippen molar-refractivity contribution in [2.24, 2.45) is 0 Å². The molecule has 0 rings (SSSR count). The third-order valence-corrected chi connectivity index (χ3v) is 6.25. The summed E-state index contributed by atoms with van der Waals surface area (Å²) in [6.45, 7) is 8.03. The van der Waals surface area contributed by atoms with Crippen LogP contribution in [0.2, 0.25) is 0 Å². The molecule has 0 unspecified atom stereocenters. The molecule has 0 aliphatic carbocycles. The lowest BCUT2D eigenvalue weighted by Gasteiger charge is -2.11. The highest BCUT2D eigenvalue weighted by Crippen LogP contribution is 2.09. The number of aliphatic hydroxyl groups is 1. The maximum atomic E-state index is 9.85. The van der Waals surface area contributed by atoms with Crippen LogP contribution in [0.25, 0.3) is 0 Å². The minimum atomic E-state index is -0.371. The van der Waals surface area contributed by atoms with E-state index in [0.717, 1.165) is 23.9 Å². The summed E-state index contributed by atoms with van der Waals surface area (Å²) >= 11 is 3.80. The fraction of sp³-hybridized carbons (Fsp3) is 1.00. The Morgan fingerprint density at radius 2 is 1.19 bits per heavy atom. The molecule has 6 heteroatoms. The van der Waals surface area contributed by atoms with E-state index in [-0.39, 0.29) is 6.10 Å². The van der Waals surface area contributed by atoms with Crippen molar-refractivity contribution in [3.63, 3.8) is 0 Å². The van der Waals surface area contributed by atoms with Gasteiger partial charge in [-0.2, -0.15) is 23.5 Å². The molecule has 0 aliphatic rings. The van der Waals surface area contributed by atoms with Gasteiger partial charge in [0.1, 0.15) is 0 Å². The van der Waals surface area contributed by atoms with Gasteiger partial charge in [-0.05, 0) is 24.3 Å². The second-order valence-electron chi connectivity index (χ2n) is 6.76. The van der Waals surface area contributed by atoms with Crippen LogP contribution >= 0.6 is 23.5 Å². The summed E-state index contributed by atoms with van der Waals surface area (Å²) in [6.07, 6.45) is 10.1. The van der Waals surface area contributed by atoms with Gasteiger partial charge in [0.2, 0.25) is 0 Å². The van der Waals surface area contributed by atoms with Gasteiger partial charge in [0.15, 0.2) is 0 Å². The van der Waals surface area contributed by atoms with Crippen LogP contribution in [-0.2, 0) is 14.2 Å². The highest BCUT2D eigenvalue weighted by atomic mass is 32.2. The summed E-state index contributed by atoms with van der Waals surface area (Å²) in [5, 5.41) is 9.85. The molecule has 164 valence electrons. The van der Waals surface area contributed by atoms with E-state index in [2.05, 4.69) is 13.8 Å². The minimum absolute atomic E-state index is 0.371. The van der Waals surface area contributed by atoms with E-state index in [4.69, 9.17) is 14.2 Å². The summed E-state index contributed by atoms with van der Waals surface area (Å²) in [5.74, 6) is 4.22. The van der Waals surface area contributed by atoms with E-state index >= 15 is 0 Å². The maximum absolute atomic E-state index is 9.85. The van der Waals surface area contributed by atoms with Crippen LogP contribution in [-0.4, -0.2) is 73.9 Å². The largest absolute Gasteiger partial charge is 0.390 e. The molecule has 4 nitrogen and oxygen atoms in total. The summed E-state index contributed by atoms with van der Waals surface area (Å²) in [5.41, 5.74) is 0. The van der Waals surface area contributed by atoms with Crippen LogP contribution < -0.4 is 0 Å². The molecule has 0 saturated carbocycles. The fourth-order valence-electron chi connectivity index (χ4n) is 2.41. The first-order chi connectivity index (χ1) is 13.3. The van der Waals surface area contributed by atoms with Crippen LogP contribution in [0.3, 0.4) is 0 Å². The van der Waals surface area contributed by atoms with Gasteiger partial charge in [0, 0.05) is 11.5 Å². The van der Waals surface area contributed by atoms with Gasteiger partial charge in [0.05, 0.1) is 45.7 Å². The SMILES string of the molecule is CCCCCCSCCOCCOCCOC[C@H](O)CSCCCCCC. The Labute approximate surface area is 176 Å². The van der Waals surface area contributed by atoms with Crippen molar-refractivity contribution >= 4 is 23.5 Å². The summed E-state index contributed by atoms with van der Waals surface area (Å²) in [4.78, 5) is 0. The van der Waals surface area contributed by atoms with E-state index in [9.17, 15) is 5.11 Å². The summed E-state index contributed by atoms with van der Waals surface area (Å²) in [6, 6.07) is 0. The molecule has 0 amide bonds. The average molecular weight is 425 g/mol. The molecule has 1 N–H and O–H groups in total. The maximum Gasteiger partial charge on any atom is 0.0863 e. The quantitative estimate of drug-likeness (QED) is 0.232. The van der Waals surface area contributed by atoms with Gasteiger partial charge in [-0.15, -0.1) is 0 Å². The standard InChI is InChI=1S/C21H44O4S2/c1-3-5-7-9-16-26-18-15-24-12-11-23-13-14-25-19-21(22)20-27-17-10-8-6-4-2/h21-22H,3-20H2,1-2H3/t21-/m0/s1. The van der Waals surface area contributed by atoms with Crippen molar-refractivity contribution in [2.45, 2.75) is 71.3 Å². The van der Waals surface area contributed by atoms with Gasteiger partial charge in [-0.1, -0.05) is 52.4 Å². The highest BCUT2D eigenvalue weighted by molar-refractivity contribution is 7.99. The van der Waals surface area contributed by atoms with Crippen LogP contribution in [0.4, 0.5) is 0 Å². The molecule has 0 bridgehead atoms. The number of hydrogen-bond acceptors (Lipinski definition) is 6. The van der Waals surface area contributed by atoms with E-state index in [1.54, 1.807) is 0 Å². The third-order valence-electron chi connectivity index (χ3n) is 4.02. The third kappa shape index (κ3) is 24.5. The van der Waals surface area contributed by atoms with Gasteiger partial charge >= 0.3 is 0 Å². The Hall–Kier alpha value is 0.540. The molecular weight excluding hydrogens is 380 g/mol. The first-order valence-corrected chi connectivity index (χ1v) is 13.2. The number of rotatable bonds is 23. The van der Waals surface area contributed by atoms with Crippen molar-refractivity contribution < 1.29 is 19.3 Å². The molecule has 1 atom stereocenters. The van der Waals surface area contributed by atoms with Crippen molar-refractivity contribution in [3.8, 4) is 0 Å². The number of thioether (sulfide) groups is 2. The Morgan fingerprint density at radius 1 is 0.630 bits per heavy atom. The molecule has 0 aromatic carbocycles. The Bertz CT molecular complexity index is 271. The monoisotopic (exact) mass is 424 g/mol. The zero-order valence-electron chi connectivity index (χ0n) is 17.8. The lowest BCUT2D eigenvalue weighted by molar-refractivity contribution is -0.00358. The van der Waals surface area contributed by atoms with Crippen LogP contribution in [0.1, 0.15) is 65.2 Å². The lowest BCUT2D eigenvalue weighted by atomic mass is 10.2. The Kier molecular flexibility index (Phi) is 25.1. The molecule has 0 heterocycles. The van der Waals surface area contributed by atoms with Crippen molar-refractivity contribution in [2.75, 3.05) is 62.7 Å². The molecule has 0 aliphatic heterocycles. The summed E-state index contributed by atoms with van der Waals surface area (Å²) < 4.78 is 16.5. The van der Waals surface area contributed by atoms with Crippen LogP contribution in [0, 0.1) is 0 Å². The first-order valence-electron chi connectivity index (χ1n) is 10.9. The molecule has 0 spiro atoms. The van der Waals surface area contributed by atoms with Gasteiger partial charge in [0.25, 0.3) is 0 Å².